The van der Waals surface area contributed by atoms with Crippen LogP contribution in [0.4, 0.5) is 4.79 Å². The molecule has 9 nitrogen and oxygen atoms in total. The van der Waals surface area contributed by atoms with Gasteiger partial charge in [-0.25, -0.2) is 4.79 Å². The van der Waals surface area contributed by atoms with Crippen LogP contribution in [0.25, 0.3) is 0 Å². The lowest BCUT2D eigenvalue weighted by atomic mass is 9.83. The number of fused-ring (bicyclic) bond motifs is 3. The van der Waals surface area contributed by atoms with Gasteiger partial charge in [-0.05, 0) is 74.4 Å². The molecule has 9 heteroatoms. The summed E-state index contributed by atoms with van der Waals surface area (Å²) >= 11 is 0. The van der Waals surface area contributed by atoms with Crippen molar-refractivity contribution in [1.82, 2.24) is 19.6 Å². The van der Waals surface area contributed by atoms with Gasteiger partial charge in [0.05, 0.1) is 14.2 Å². The van der Waals surface area contributed by atoms with Gasteiger partial charge in [0.2, 0.25) is 5.91 Å². The molecule has 3 fully saturated rings. The predicted molar refractivity (Wildman–Crippen MR) is 138 cm³/mol. The van der Waals surface area contributed by atoms with Crippen molar-refractivity contribution in [2.24, 2.45) is 5.92 Å². The zero-order valence-corrected chi connectivity index (χ0v) is 22.4. The number of hydrogen-bond acceptors (Lipinski definition) is 6. The molecule has 0 aliphatic carbocycles. The highest BCUT2D eigenvalue weighted by Crippen LogP contribution is 2.37. The summed E-state index contributed by atoms with van der Waals surface area (Å²) in [7, 11) is 5.07. The van der Waals surface area contributed by atoms with Crippen LogP contribution in [0.15, 0.2) is 12.1 Å². The van der Waals surface area contributed by atoms with Crippen molar-refractivity contribution in [1.29, 1.82) is 0 Å². The molecule has 3 atom stereocenters. The van der Waals surface area contributed by atoms with Gasteiger partial charge in [-0.3, -0.25) is 14.5 Å². The lowest BCUT2D eigenvalue weighted by molar-refractivity contribution is -0.132. The van der Waals surface area contributed by atoms with E-state index in [2.05, 4.69) is 4.90 Å². The van der Waals surface area contributed by atoms with Gasteiger partial charge in [0, 0.05) is 45.6 Å². The first-order chi connectivity index (χ1) is 17.9. The van der Waals surface area contributed by atoms with Crippen LogP contribution in [0.1, 0.15) is 56.1 Å². The Balaban J connectivity index is 1.14. The Morgan fingerprint density at radius 2 is 1.76 bits per heavy atom. The number of ether oxygens (including phenoxy) is 2. The Morgan fingerprint density at radius 1 is 1.03 bits per heavy atom. The van der Waals surface area contributed by atoms with E-state index >= 15 is 0 Å². The number of methoxy groups -OCH3 is 2. The van der Waals surface area contributed by atoms with E-state index < -0.39 is 6.04 Å². The highest BCUT2D eigenvalue weighted by Gasteiger charge is 2.47. The second-order valence-electron chi connectivity index (χ2n) is 11.0. The third-order valence-electron chi connectivity index (χ3n) is 8.80. The zero-order valence-electron chi connectivity index (χ0n) is 22.4. The van der Waals surface area contributed by atoms with Crippen molar-refractivity contribution in [3.05, 3.63) is 23.3 Å². The molecule has 5 rings (SSSR count). The average Bonchev–Trinajstić information content (AvgIpc) is 3.15. The van der Waals surface area contributed by atoms with Gasteiger partial charge in [-0.1, -0.05) is 6.42 Å². The maximum atomic E-state index is 13.2. The summed E-state index contributed by atoms with van der Waals surface area (Å²) in [6.45, 7) is 3.82. The van der Waals surface area contributed by atoms with E-state index in [9.17, 15) is 14.4 Å². The van der Waals surface area contributed by atoms with Crippen LogP contribution < -0.4 is 9.47 Å². The molecule has 0 spiro atoms. The average molecular weight is 513 g/mol. The number of carbonyl (C=O) groups is 3. The van der Waals surface area contributed by atoms with Gasteiger partial charge in [0.25, 0.3) is 5.91 Å². The van der Waals surface area contributed by atoms with Crippen molar-refractivity contribution in [3.8, 4) is 11.5 Å². The summed E-state index contributed by atoms with van der Waals surface area (Å²) in [6.07, 6.45) is 7.50. The summed E-state index contributed by atoms with van der Waals surface area (Å²) in [5.41, 5.74) is 1.96. The third kappa shape index (κ3) is 5.02. The summed E-state index contributed by atoms with van der Waals surface area (Å²) in [4.78, 5) is 46.7. The molecular weight excluding hydrogens is 472 g/mol. The molecule has 1 aromatic carbocycles. The van der Waals surface area contributed by atoms with E-state index in [0.29, 0.717) is 49.3 Å². The number of urea groups is 1. The zero-order chi connectivity index (χ0) is 26.1. The molecule has 1 aromatic rings. The van der Waals surface area contributed by atoms with E-state index in [1.807, 2.05) is 24.1 Å². The minimum Gasteiger partial charge on any atom is -0.493 e. The van der Waals surface area contributed by atoms with Crippen molar-refractivity contribution in [2.75, 3.05) is 47.4 Å². The van der Waals surface area contributed by atoms with E-state index in [0.717, 1.165) is 17.7 Å². The number of rotatable bonds is 8. The quantitative estimate of drug-likeness (QED) is 0.498. The van der Waals surface area contributed by atoms with Gasteiger partial charge in [-0.2, -0.15) is 0 Å². The Morgan fingerprint density at radius 3 is 2.51 bits per heavy atom. The molecule has 37 heavy (non-hydrogen) atoms. The van der Waals surface area contributed by atoms with E-state index in [1.165, 1.54) is 50.1 Å². The van der Waals surface area contributed by atoms with E-state index in [4.69, 9.17) is 9.47 Å². The highest BCUT2D eigenvalue weighted by molar-refractivity contribution is 6.04. The van der Waals surface area contributed by atoms with Gasteiger partial charge >= 0.3 is 6.03 Å². The summed E-state index contributed by atoms with van der Waals surface area (Å²) in [5, 5.41) is 0. The summed E-state index contributed by atoms with van der Waals surface area (Å²) < 4.78 is 10.8. The van der Waals surface area contributed by atoms with E-state index in [-0.39, 0.29) is 24.4 Å². The lowest BCUT2D eigenvalue weighted by Crippen LogP contribution is -2.51. The number of carbonyl (C=O) groups excluding carboxylic acids is 3. The molecule has 4 heterocycles. The topological polar surface area (TPSA) is 82.6 Å². The predicted octanol–water partition coefficient (Wildman–Crippen LogP) is 2.90. The van der Waals surface area contributed by atoms with Crippen molar-refractivity contribution >= 4 is 17.8 Å². The minimum absolute atomic E-state index is 0.0938. The molecule has 0 radical (unpaired) electrons. The first kappa shape index (κ1) is 25.8. The van der Waals surface area contributed by atoms with Crippen LogP contribution in [0, 0.1) is 5.92 Å². The molecule has 3 saturated heterocycles. The van der Waals surface area contributed by atoms with Crippen molar-refractivity contribution in [2.45, 2.75) is 70.0 Å². The normalized spacial score (nSPS) is 25.4. The van der Waals surface area contributed by atoms with Crippen LogP contribution in [-0.4, -0.2) is 97.0 Å². The molecule has 0 N–H and O–H groups in total. The molecule has 4 amide bonds. The standard InChI is InChI=1S/C28H40N4O5/c1-29(17-19-8-6-12-30-11-5-4-9-22(19)30)26(33)10-7-13-31-27(34)23-14-20-15-24(36-2)25(37-3)16-21(20)18-32(23)28(31)35/h15-16,19,22-23H,4-14,17-18H2,1-3H3. The number of amides is 4. The van der Waals surface area contributed by atoms with Gasteiger partial charge in [-0.15, -0.1) is 0 Å². The molecule has 202 valence electrons. The number of piperidine rings is 2. The number of nitrogens with zero attached hydrogens (tertiary/aromatic N) is 4. The molecule has 3 unspecified atom stereocenters. The third-order valence-corrected chi connectivity index (χ3v) is 8.80. The largest absolute Gasteiger partial charge is 0.493 e. The van der Waals surface area contributed by atoms with Crippen LogP contribution >= 0.6 is 0 Å². The van der Waals surface area contributed by atoms with Crippen LogP contribution in [0.2, 0.25) is 0 Å². The minimum atomic E-state index is -0.499. The maximum absolute atomic E-state index is 13.2. The second kappa shape index (κ2) is 10.9. The summed E-state index contributed by atoms with van der Waals surface area (Å²) in [5.74, 6) is 1.69. The Bertz CT molecular complexity index is 993. The van der Waals surface area contributed by atoms with Crippen LogP contribution in [0.3, 0.4) is 0 Å². The number of hydrogen-bond donors (Lipinski definition) is 0. The van der Waals surface area contributed by atoms with E-state index in [1.54, 1.807) is 19.1 Å². The fourth-order valence-corrected chi connectivity index (χ4v) is 6.79. The number of imide groups is 1. The van der Waals surface area contributed by atoms with Crippen molar-refractivity contribution < 1.29 is 23.9 Å². The Hall–Kier alpha value is -2.81. The molecule has 4 aliphatic heterocycles. The SMILES string of the molecule is COc1cc2c(cc1OC)CN1C(=O)N(CCCC(=O)N(C)CC3CCCN4CCCCC34)C(=O)C1C2. The van der Waals surface area contributed by atoms with Gasteiger partial charge in [0.15, 0.2) is 11.5 Å². The molecular formula is C28H40N4O5. The highest BCUT2D eigenvalue weighted by atomic mass is 16.5. The van der Waals surface area contributed by atoms with Gasteiger partial charge < -0.3 is 24.2 Å². The smallest absolute Gasteiger partial charge is 0.327 e. The second-order valence-corrected chi connectivity index (χ2v) is 11.0. The van der Waals surface area contributed by atoms with Crippen LogP contribution in [-0.2, 0) is 22.6 Å². The Kier molecular flexibility index (Phi) is 7.60. The summed E-state index contributed by atoms with van der Waals surface area (Å²) in [6, 6.07) is 3.63. The van der Waals surface area contributed by atoms with Crippen LogP contribution in [0.5, 0.6) is 11.5 Å². The monoisotopic (exact) mass is 512 g/mol. The van der Waals surface area contributed by atoms with Crippen molar-refractivity contribution in [3.63, 3.8) is 0 Å². The fraction of sp³-hybridized carbons (Fsp3) is 0.679. The lowest BCUT2D eigenvalue weighted by Gasteiger charge is -2.45. The first-order valence-corrected chi connectivity index (χ1v) is 13.7. The maximum Gasteiger partial charge on any atom is 0.327 e. The molecule has 4 aliphatic rings. The van der Waals surface area contributed by atoms with Gasteiger partial charge in [0.1, 0.15) is 6.04 Å². The molecule has 0 saturated carbocycles. The molecule has 0 bridgehead atoms. The fourth-order valence-electron chi connectivity index (χ4n) is 6.79. The number of benzene rings is 1. The molecule has 0 aromatic heterocycles. The Labute approximate surface area is 219 Å². The first-order valence-electron chi connectivity index (χ1n) is 13.7.